The van der Waals surface area contributed by atoms with Crippen molar-refractivity contribution in [3.8, 4) is 11.5 Å². The Morgan fingerprint density at radius 2 is 2.00 bits per heavy atom. The third-order valence-electron chi connectivity index (χ3n) is 7.63. The lowest BCUT2D eigenvalue weighted by Gasteiger charge is -2.31. The van der Waals surface area contributed by atoms with Crippen LogP contribution in [0.3, 0.4) is 0 Å². The number of oxazole rings is 1. The molecule has 0 saturated heterocycles. The summed E-state index contributed by atoms with van der Waals surface area (Å²) in [6.07, 6.45) is 11.8. The smallest absolute Gasteiger partial charge is 0.277 e. The highest BCUT2D eigenvalue weighted by molar-refractivity contribution is 6.03. The van der Waals surface area contributed by atoms with E-state index in [4.69, 9.17) is 9.52 Å². The molecular formula is C28H40N6O3. The molecule has 3 N–H and O–H groups in total. The Bertz CT molecular complexity index is 1240. The van der Waals surface area contributed by atoms with Crippen LogP contribution in [0.1, 0.15) is 89.9 Å². The first kappa shape index (κ1) is 25.4. The third-order valence-corrected chi connectivity index (χ3v) is 7.63. The van der Waals surface area contributed by atoms with E-state index in [-0.39, 0.29) is 13.2 Å². The molecule has 200 valence electrons. The fourth-order valence-electron chi connectivity index (χ4n) is 5.08. The van der Waals surface area contributed by atoms with Gasteiger partial charge in [0.25, 0.3) is 5.91 Å². The maximum absolute atomic E-state index is 13.1. The zero-order valence-electron chi connectivity index (χ0n) is 22.2. The van der Waals surface area contributed by atoms with Crippen LogP contribution in [-0.2, 0) is 5.60 Å². The molecule has 3 aromatic heterocycles. The standard InChI is InChI=1S/C28H38N6O3.H2/c1-17(2)19-7-9-21(10-8-19)34-15-22(25(33-34)28(3,4)36)31-26(35)23-16-37-27(32-23)20-11-12-29-24(13-20)30-14-18-5-6-18;/h11-13,15-19,21,36H,5-10,14H2,1-4H3,(H,29,30)(H,31,35);1H. The lowest BCUT2D eigenvalue weighted by atomic mass is 9.80. The van der Waals surface area contributed by atoms with Gasteiger partial charge in [-0.1, -0.05) is 13.8 Å². The third kappa shape index (κ3) is 6.04. The van der Waals surface area contributed by atoms with Crippen LogP contribution in [0.15, 0.2) is 35.2 Å². The van der Waals surface area contributed by atoms with Gasteiger partial charge >= 0.3 is 0 Å². The van der Waals surface area contributed by atoms with E-state index < -0.39 is 11.5 Å². The van der Waals surface area contributed by atoms with Crippen molar-refractivity contribution < 1.29 is 15.7 Å². The SMILES string of the molecule is CC(C)C1CCC(n2cc(NC(=O)c3coc(-c4ccnc(NCC5CC5)c4)n3)c(C(C)(C)O)n2)CC1.[HH]. The van der Waals surface area contributed by atoms with E-state index in [2.05, 4.69) is 34.4 Å². The minimum atomic E-state index is -1.21. The van der Waals surface area contributed by atoms with E-state index in [0.29, 0.717) is 23.2 Å². The number of nitrogens with one attached hydrogen (secondary N) is 2. The van der Waals surface area contributed by atoms with Gasteiger partial charge in [0, 0.05) is 25.9 Å². The quantitative estimate of drug-likeness (QED) is 0.331. The average Bonchev–Trinajstić information content (AvgIpc) is 3.38. The Balaban J connectivity index is 0.00000336. The number of aliphatic hydroxyl groups is 1. The molecule has 0 aromatic carbocycles. The summed E-state index contributed by atoms with van der Waals surface area (Å²) >= 11 is 0. The van der Waals surface area contributed by atoms with Gasteiger partial charge in [-0.15, -0.1) is 0 Å². The van der Waals surface area contributed by atoms with Crippen LogP contribution in [0.2, 0.25) is 0 Å². The minimum Gasteiger partial charge on any atom is -0.444 e. The van der Waals surface area contributed by atoms with Gasteiger partial charge in [0.15, 0.2) is 5.69 Å². The summed E-state index contributed by atoms with van der Waals surface area (Å²) in [5, 5.41) is 21.7. The largest absolute Gasteiger partial charge is 0.444 e. The summed E-state index contributed by atoms with van der Waals surface area (Å²) in [6.45, 7) is 8.84. The fourth-order valence-corrected chi connectivity index (χ4v) is 5.08. The van der Waals surface area contributed by atoms with Gasteiger partial charge in [-0.2, -0.15) is 5.10 Å². The second-order valence-electron chi connectivity index (χ2n) is 11.5. The van der Waals surface area contributed by atoms with Crippen molar-refractivity contribution in [3.05, 3.63) is 42.2 Å². The van der Waals surface area contributed by atoms with Crippen LogP contribution in [0.5, 0.6) is 0 Å². The summed E-state index contributed by atoms with van der Waals surface area (Å²) in [5.74, 6) is 2.86. The Morgan fingerprint density at radius 3 is 2.68 bits per heavy atom. The molecule has 37 heavy (non-hydrogen) atoms. The van der Waals surface area contributed by atoms with Crippen molar-refractivity contribution in [1.29, 1.82) is 0 Å². The van der Waals surface area contributed by atoms with Gasteiger partial charge in [-0.25, -0.2) is 9.97 Å². The van der Waals surface area contributed by atoms with Crippen molar-refractivity contribution in [3.63, 3.8) is 0 Å². The molecule has 9 heteroatoms. The first-order valence-electron chi connectivity index (χ1n) is 13.5. The molecule has 2 aliphatic rings. The minimum absolute atomic E-state index is 0. The molecule has 0 bridgehead atoms. The Kier molecular flexibility index (Phi) is 7.07. The van der Waals surface area contributed by atoms with E-state index in [1.54, 1.807) is 26.1 Å². The lowest BCUT2D eigenvalue weighted by molar-refractivity contribution is 0.0729. The van der Waals surface area contributed by atoms with E-state index in [1.807, 2.05) is 16.9 Å². The second kappa shape index (κ2) is 10.3. The van der Waals surface area contributed by atoms with E-state index in [1.165, 1.54) is 19.1 Å². The maximum Gasteiger partial charge on any atom is 0.277 e. The summed E-state index contributed by atoms with van der Waals surface area (Å²) in [6, 6.07) is 3.94. The highest BCUT2D eigenvalue weighted by atomic mass is 16.3. The zero-order valence-corrected chi connectivity index (χ0v) is 22.2. The first-order chi connectivity index (χ1) is 17.7. The van der Waals surface area contributed by atoms with E-state index in [0.717, 1.165) is 55.4 Å². The van der Waals surface area contributed by atoms with Crippen LogP contribution >= 0.6 is 0 Å². The molecule has 9 nitrogen and oxygen atoms in total. The first-order valence-corrected chi connectivity index (χ1v) is 13.5. The number of rotatable bonds is 9. The van der Waals surface area contributed by atoms with Gasteiger partial charge < -0.3 is 20.2 Å². The zero-order chi connectivity index (χ0) is 26.2. The van der Waals surface area contributed by atoms with Crippen LogP contribution in [-0.4, -0.2) is 37.3 Å². The normalized spacial score (nSPS) is 20.3. The molecule has 0 unspecified atom stereocenters. The number of carbonyl (C=O) groups is 1. The Morgan fingerprint density at radius 1 is 1.24 bits per heavy atom. The Labute approximate surface area is 219 Å². The number of pyridine rings is 1. The molecule has 0 atom stereocenters. The van der Waals surface area contributed by atoms with Gasteiger partial charge in [-0.3, -0.25) is 9.48 Å². The maximum atomic E-state index is 13.1. The molecule has 1 amide bonds. The number of nitrogens with zero attached hydrogens (tertiary/aromatic N) is 4. The van der Waals surface area contributed by atoms with Crippen molar-refractivity contribution in [1.82, 2.24) is 19.7 Å². The number of hydrogen-bond acceptors (Lipinski definition) is 7. The monoisotopic (exact) mass is 508 g/mol. The predicted octanol–water partition coefficient (Wildman–Crippen LogP) is 5.87. The van der Waals surface area contributed by atoms with Crippen LogP contribution < -0.4 is 10.6 Å². The molecule has 2 saturated carbocycles. The van der Waals surface area contributed by atoms with Crippen LogP contribution in [0.4, 0.5) is 11.5 Å². The number of hydrogen-bond donors (Lipinski definition) is 3. The van der Waals surface area contributed by atoms with Gasteiger partial charge in [0.2, 0.25) is 5.89 Å². The molecule has 2 aliphatic carbocycles. The van der Waals surface area contributed by atoms with Gasteiger partial charge in [0.05, 0.1) is 11.7 Å². The van der Waals surface area contributed by atoms with Crippen molar-refractivity contribution >= 4 is 17.4 Å². The molecule has 3 aromatic rings. The summed E-state index contributed by atoms with van der Waals surface area (Å²) in [5.41, 5.74) is 0.624. The molecule has 2 fully saturated rings. The highest BCUT2D eigenvalue weighted by Gasteiger charge is 2.30. The van der Waals surface area contributed by atoms with Crippen molar-refractivity contribution in [2.45, 2.75) is 77.9 Å². The average molecular weight is 509 g/mol. The lowest BCUT2D eigenvalue weighted by Crippen LogP contribution is -2.23. The number of carbonyl (C=O) groups excluding carboxylic acids is 1. The van der Waals surface area contributed by atoms with Crippen molar-refractivity contribution in [2.24, 2.45) is 17.8 Å². The fraction of sp³-hybridized carbons (Fsp3) is 0.571. The topological polar surface area (TPSA) is 118 Å². The van der Waals surface area contributed by atoms with Crippen LogP contribution in [0.25, 0.3) is 11.5 Å². The molecule has 0 aliphatic heterocycles. The predicted molar refractivity (Wildman–Crippen MR) is 144 cm³/mol. The highest BCUT2D eigenvalue weighted by Crippen LogP contribution is 2.37. The molecule has 5 rings (SSSR count). The van der Waals surface area contributed by atoms with Gasteiger partial charge in [-0.05, 0) is 82.3 Å². The molecule has 0 spiro atoms. The number of aromatic nitrogens is 4. The number of anilines is 2. The van der Waals surface area contributed by atoms with Crippen molar-refractivity contribution in [2.75, 3.05) is 17.2 Å². The van der Waals surface area contributed by atoms with E-state index in [9.17, 15) is 9.90 Å². The van der Waals surface area contributed by atoms with E-state index >= 15 is 0 Å². The summed E-state index contributed by atoms with van der Waals surface area (Å²) in [4.78, 5) is 21.9. The summed E-state index contributed by atoms with van der Waals surface area (Å²) < 4.78 is 7.55. The molecule has 0 radical (unpaired) electrons. The van der Waals surface area contributed by atoms with Crippen LogP contribution in [0, 0.1) is 17.8 Å². The second-order valence-corrected chi connectivity index (χ2v) is 11.5. The number of amides is 1. The summed E-state index contributed by atoms with van der Waals surface area (Å²) in [7, 11) is 0. The van der Waals surface area contributed by atoms with Gasteiger partial charge in [0.1, 0.15) is 23.4 Å². The molecule has 3 heterocycles. The molecular weight excluding hydrogens is 468 g/mol. The Hall–Kier alpha value is -3.20.